The standard InChI is InChI=1S/C18H27N3O/c1-13-6-7-14(2)20(13)17-12-16(18(3,4)5)21(19-17)15-8-10-22-11-9-15/h6-7,12,15H,8-11H2,1-5H3. The van der Waals surface area contributed by atoms with Gasteiger partial charge in [0, 0.05) is 41.8 Å². The minimum Gasteiger partial charge on any atom is -0.381 e. The van der Waals surface area contributed by atoms with E-state index in [1.54, 1.807) is 0 Å². The normalized spacial score (nSPS) is 17.1. The molecule has 2 aromatic heterocycles. The van der Waals surface area contributed by atoms with Gasteiger partial charge in [0.2, 0.25) is 0 Å². The van der Waals surface area contributed by atoms with Gasteiger partial charge in [0.1, 0.15) is 0 Å². The number of aromatic nitrogens is 3. The largest absolute Gasteiger partial charge is 0.381 e. The summed E-state index contributed by atoms with van der Waals surface area (Å²) in [6.07, 6.45) is 2.10. The van der Waals surface area contributed by atoms with Crippen LogP contribution in [-0.4, -0.2) is 27.6 Å². The van der Waals surface area contributed by atoms with Crippen molar-refractivity contribution >= 4 is 0 Å². The zero-order chi connectivity index (χ0) is 15.9. The van der Waals surface area contributed by atoms with Crippen LogP contribution in [0.5, 0.6) is 0 Å². The third-order valence-corrected chi connectivity index (χ3v) is 4.53. The second-order valence-electron chi connectivity index (χ2n) is 7.38. The molecule has 0 radical (unpaired) electrons. The van der Waals surface area contributed by atoms with Crippen LogP contribution in [0.15, 0.2) is 18.2 Å². The van der Waals surface area contributed by atoms with Crippen LogP contribution in [0.25, 0.3) is 5.82 Å². The Kier molecular flexibility index (Phi) is 3.89. The van der Waals surface area contributed by atoms with E-state index in [4.69, 9.17) is 9.84 Å². The third-order valence-electron chi connectivity index (χ3n) is 4.53. The summed E-state index contributed by atoms with van der Waals surface area (Å²) in [4.78, 5) is 0. The summed E-state index contributed by atoms with van der Waals surface area (Å²) in [6, 6.07) is 7.02. The van der Waals surface area contributed by atoms with Gasteiger partial charge in [-0.25, -0.2) is 0 Å². The zero-order valence-electron chi connectivity index (χ0n) is 14.4. The molecule has 0 N–H and O–H groups in total. The highest BCUT2D eigenvalue weighted by atomic mass is 16.5. The predicted molar refractivity (Wildman–Crippen MR) is 88.8 cm³/mol. The molecule has 0 atom stereocenters. The molecular weight excluding hydrogens is 274 g/mol. The van der Waals surface area contributed by atoms with Crippen LogP contribution in [0.2, 0.25) is 0 Å². The summed E-state index contributed by atoms with van der Waals surface area (Å²) in [5, 5.41) is 4.99. The Morgan fingerprint density at radius 3 is 2.23 bits per heavy atom. The fraction of sp³-hybridized carbons (Fsp3) is 0.611. The number of hydrogen-bond acceptors (Lipinski definition) is 2. The van der Waals surface area contributed by atoms with Crippen molar-refractivity contribution in [2.75, 3.05) is 13.2 Å². The topological polar surface area (TPSA) is 32.0 Å². The number of nitrogens with zero attached hydrogens (tertiary/aromatic N) is 3. The molecule has 4 heteroatoms. The van der Waals surface area contributed by atoms with E-state index in [1.165, 1.54) is 17.1 Å². The first-order valence-electron chi connectivity index (χ1n) is 8.21. The smallest absolute Gasteiger partial charge is 0.159 e. The maximum atomic E-state index is 5.52. The quantitative estimate of drug-likeness (QED) is 0.841. The molecular formula is C18H27N3O. The zero-order valence-corrected chi connectivity index (χ0v) is 14.4. The maximum absolute atomic E-state index is 5.52. The minimum absolute atomic E-state index is 0.0819. The molecule has 3 heterocycles. The van der Waals surface area contributed by atoms with Crippen molar-refractivity contribution in [2.24, 2.45) is 0 Å². The third kappa shape index (κ3) is 2.72. The monoisotopic (exact) mass is 301 g/mol. The highest BCUT2D eigenvalue weighted by Crippen LogP contribution is 2.31. The Hall–Kier alpha value is -1.55. The summed E-state index contributed by atoms with van der Waals surface area (Å²) in [7, 11) is 0. The SMILES string of the molecule is Cc1ccc(C)n1-c1cc(C(C)(C)C)n(C2CCOCC2)n1. The molecule has 1 aliphatic rings. The highest BCUT2D eigenvalue weighted by Gasteiger charge is 2.27. The van der Waals surface area contributed by atoms with Gasteiger partial charge in [0.05, 0.1) is 6.04 Å². The van der Waals surface area contributed by atoms with Crippen LogP contribution in [0.1, 0.15) is 56.7 Å². The van der Waals surface area contributed by atoms with Crippen LogP contribution in [-0.2, 0) is 10.2 Å². The number of ether oxygens (including phenoxy) is 1. The van der Waals surface area contributed by atoms with E-state index in [2.05, 4.69) is 62.1 Å². The Balaban J connectivity index is 2.09. The molecule has 1 fully saturated rings. The Morgan fingerprint density at radius 2 is 1.68 bits per heavy atom. The number of hydrogen-bond donors (Lipinski definition) is 0. The summed E-state index contributed by atoms with van der Waals surface area (Å²) in [5.74, 6) is 1.04. The molecule has 0 bridgehead atoms. The molecule has 1 aliphatic heterocycles. The first-order chi connectivity index (χ1) is 10.4. The van der Waals surface area contributed by atoms with Crippen LogP contribution in [0.3, 0.4) is 0 Å². The molecule has 0 aromatic carbocycles. The van der Waals surface area contributed by atoms with Gasteiger partial charge in [0.15, 0.2) is 5.82 Å². The van der Waals surface area contributed by atoms with Crippen LogP contribution < -0.4 is 0 Å². The van der Waals surface area contributed by atoms with Crippen molar-refractivity contribution in [1.29, 1.82) is 0 Å². The minimum atomic E-state index is 0.0819. The molecule has 3 rings (SSSR count). The van der Waals surface area contributed by atoms with Gasteiger partial charge in [-0.3, -0.25) is 4.68 Å². The summed E-state index contributed by atoms with van der Waals surface area (Å²) in [5.41, 5.74) is 3.85. The van der Waals surface area contributed by atoms with Crippen molar-refractivity contribution in [1.82, 2.24) is 14.3 Å². The van der Waals surface area contributed by atoms with Crippen molar-refractivity contribution < 1.29 is 4.74 Å². The van der Waals surface area contributed by atoms with Gasteiger partial charge in [-0.15, -0.1) is 0 Å². The summed E-state index contributed by atoms with van der Waals surface area (Å²) >= 11 is 0. The molecule has 4 nitrogen and oxygen atoms in total. The predicted octanol–water partition coefficient (Wildman–Crippen LogP) is 3.94. The van der Waals surface area contributed by atoms with Crippen LogP contribution >= 0.6 is 0 Å². The first kappa shape index (κ1) is 15.3. The lowest BCUT2D eigenvalue weighted by atomic mass is 9.91. The molecule has 0 saturated carbocycles. The highest BCUT2D eigenvalue weighted by molar-refractivity contribution is 5.35. The lowest BCUT2D eigenvalue weighted by molar-refractivity contribution is 0.0646. The van der Waals surface area contributed by atoms with Crippen LogP contribution in [0.4, 0.5) is 0 Å². The van der Waals surface area contributed by atoms with E-state index in [0.29, 0.717) is 6.04 Å². The van der Waals surface area contributed by atoms with Crippen molar-refractivity contribution in [3.63, 3.8) is 0 Å². The van der Waals surface area contributed by atoms with Gasteiger partial charge < -0.3 is 9.30 Å². The van der Waals surface area contributed by atoms with E-state index in [0.717, 1.165) is 31.9 Å². The van der Waals surface area contributed by atoms with Crippen molar-refractivity contribution in [3.05, 3.63) is 35.3 Å². The lowest BCUT2D eigenvalue weighted by Gasteiger charge is -2.28. The Bertz CT molecular complexity index is 635. The first-order valence-corrected chi connectivity index (χ1v) is 8.21. The number of aryl methyl sites for hydroxylation is 2. The second kappa shape index (κ2) is 5.58. The maximum Gasteiger partial charge on any atom is 0.159 e. The average Bonchev–Trinajstić information content (AvgIpc) is 3.03. The van der Waals surface area contributed by atoms with E-state index in [9.17, 15) is 0 Å². The lowest BCUT2D eigenvalue weighted by Crippen LogP contribution is -2.26. The van der Waals surface area contributed by atoms with E-state index in [1.807, 2.05) is 0 Å². The Morgan fingerprint density at radius 1 is 1.09 bits per heavy atom. The molecule has 120 valence electrons. The van der Waals surface area contributed by atoms with Gasteiger partial charge in [-0.2, -0.15) is 5.10 Å². The number of rotatable bonds is 2. The van der Waals surface area contributed by atoms with E-state index < -0.39 is 0 Å². The molecule has 0 unspecified atom stereocenters. The van der Waals surface area contributed by atoms with Gasteiger partial charge >= 0.3 is 0 Å². The molecule has 2 aromatic rings. The fourth-order valence-electron chi connectivity index (χ4n) is 3.29. The van der Waals surface area contributed by atoms with Gasteiger partial charge in [-0.1, -0.05) is 20.8 Å². The van der Waals surface area contributed by atoms with E-state index in [-0.39, 0.29) is 5.41 Å². The summed E-state index contributed by atoms with van der Waals surface area (Å²) < 4.78 is 10.0. The molecule has 1 saturated heterocycles. The fourth-order valence-corrected chi connectivity index (χ4v) is 3.29. The molecule has 0 amide bonds. The molecule has 0 spiro atoms. The second-order valence-corrected chi connectivity index (χ2v) is 7.38. The molecule has 0 aliphatic carbocycles. The molecule has 22 heavy (non-hydrogen) atoms. The van der Waals surface area contributed by atoms with Crippen molar-refractivity contribution in [2.45, 2.75) is 58.9 Å². The van der Waals surface area contributed by atoms with Gasteiger partial charge in [0.25, 0.3) is 0 Å². The Labute approximate surface area is 133 Å². The van der Waals surface area contributed by atoms with Gasteiger partial charge in [-0.05, 0) is 38.8 Å². The average molecular weight is 301 g/mol. The summed E-state index contributed by atoms with van der Waals surface area (Å²) in [6.45, 7) is 12.7. The van der Waals surface area contributed by atoms with Crippen LogP contribution in [0, 0.1) is 13.8 Å². The van der Waals surface area contributed by atoms with E-state index >= 15 is 0 Å². The van der Waals surface area contributed by atoms with Crippen molar-refractivity contribution in [3.8, 4) is 5.82 Å².